The first kappa shape index (κ1) is 15.1. The Balaban J connectivity index is 2.44. The molecule has 4 heteroatoms. The average molecular weight is 340 g/mol. The Labute approximate surface area is 126 Å². The zero-order chi connectivity index (χ0) is 14.5. The summed E-state index contributed by atoms with van der Waals surface area (Å²) < 4.78 is 28.4. The summed E-state index contributed by atoms with van der Waals surface area (Å²) in [5, 5.41) is 3.27. The zero-order valence-corrected chi connectivity index (χ0v) is 12.8. The van der Waals surface area contributed by atoms with E-state index in [-0.39, 0.29) is 6.04 Å². The number of hydrogen-bond donors (Lipinski definition) is 1. The summed E-state index contributed by atoms with van der Waals surface area (Å²) in [4.78, 5) is 0. The van der Waals surface area contributed by atoms with E-state index < -0.39 is 11.6 Å². The Morgan fingerprint density at radius 1 is 1.15 bits per heavy atom. The number of rotatable bonds is 5. The van der Waals surface area contributed by atoms with Crippen LogP contribution < -0.4 is 5.32 Å². The van der Waals surface area contributed by atoms with Crippen molar-refractivity contribution < 1.29 is 8.78 Å². The molecule has 0 bridgehead atoms. The molecule has 2 rings (SSSR count). The van der Waals surface area contributed by atoms with Crippen molar-refractivity contribution in [1.29, 1.82) is 0 Å². The van der Waals surface area contributed by atoms with Gasteiger partial charge in [0.15, 0.2) is 11.6 Å². The Morgan fingerprint density at radius 3 is 2.60 bits per heavy atom. The van der Waals surface area contributed by atoms with Gasteiger partial charge >= 0.3 is 0 Å². The van der Waals surface area contributed by atoms with Crippen LogP contribution in [0.15, 0.2) is 46.9 Å². The van der Waals surface area contributed by atoms with E-state index >= 15 is 0 Å². The van der Waals surface area contributed by atoms with Gasteiger partial charge in [-0.3, -0.25) is 0 Å². The quantitative estimate of drug-likeness (QED) is 0.823. The number of halogens is 3. The number of hydrogen-bond acceptors (Lipinski definition) is 1. The molecule has 106 valence electrons. The lowest BCUT2D eigenvalue weighted by Crippen LogP contribution is -2.24. The van der Waals surface area contributed by atoms with E-state index in [0.717, 1.165) is 29.1 Å². The molecule has 0 spiro atoms. The van der Waals surface area contributed by atoms with Crippen molar-refractivity contribution in [2.75, 3.05) is 6.54 Å². The molecule has 0 heterocycles. The molecule has 2 aromatic rings. The van der Waals surface area contributed by atoms with Crippen LogP contribution in [0.5, 0.6) is 0 Å². The van der Waals surface area contributed by atoms with E-state index in [2.05, 4.69) is 21.2 Å². The monoisotopic (exact) mass is 339 g/mol. The van der Waals surface area contributed by atoms with Gasteiger partial charge in [-0.05, 0) is 36.7 Å². The fourth-order valence-corrected chi connectivity index (χ4v) is 2.54. The third-order valence-electron chi connectivity index (χ3n) is 3.07. The van der Waals surface area contributed by atoms with Gasteiger partial charge in [0.1, 0.15) is 0 Å². The van der Waals surface area contributed by atoms with Crippen molar-refractivity contribution in [2.24, 2.45) is 0 Å². The molecule has 0 saturated carbocycles. The molecule has 2 aromatic carbocycles. The van der Waals surface area contributed by atoms with Crippen molar-refractivity contribution in [2.45, 2.75) is 19.4 Å². The van der Waals surface area contributed by atoms with Crippen molar-refractivity contribution in [1.82, 2.24) is 5.32 Å². The van der Waals surface area contributed by atoms with Gasteiger partial charge in [0.2, 0.25) is 0 Å². The topological polar surface area (TPSA) is 12.0 Å². The largest absolute Gasteiger partial charge is 0.306 e. The van der Waals surface area contributed by atoms with E-state index in [1.54, 1.807) is 6.07 Å². The molecule has 20 heavy (non-hydrogen) atoms. The summed E-state index contributed by atoms with van der Waals surface area (Å²) in [5.41, 5.74) is 1.23. The molecule has 1 unspecified atom stereocenters. The summed E-state index contributed by atoms with van der Waals surface area (Å²) in [6.07, 6.45) is 0.918. The maximum atomic E-state index is 14.0. The second-order valence-corrected chi connectivity index (χ2v) is 5.50. The highest BCUT2D eigenvalue weighted by molar-refractivity contribution is 9.10. The Morgan fingerprint density at radius 2 is 1.90 bits per heavy atom. The van der Waals surface area contributed by atoms with E-state index in [1.165, 1.54) is 6.07 Å². The second kappa shape index (κ2) is 6.95. The Hall–Kier alpha value is -1.26. The third-order valence-corrected chi connectivity index (χ3v) is 3.57. The highest BCUT2D eigenvalue weighted by Crippen LogP contribution is 2.27. The minimum Gasteiger partial charge on any atom is -0.306 e. The van der Waals surface area contributed by atoms with Crippen LogP contribution in [0.25, 0.3) is 0 Å². The Bertz CT molecular complexity index is 586. The van der Waals surface area contributed by atoms with Crippen molar-refractivity contribution in [3.05, 3.63) is 69.7 Å². The van der Waals surface area contributed by atoms with Crippen LogP contribution in [-0.2, 0) is 0 Å². The summed E-state index contributed by atoms with van der Waals surface area (Å²) in [5.74, 6) is -1.61. The van der Waals surface area contributed by atoms with Crippen LogP contribution >= 0.6 is 15.9 Å². The lowest BCUT2D eigenvalue weighted by molar-refractivity contribution is 0.480. The van der Waals surface area contributed by atoms with Gasteiger partial charge in [-0.1, -0.05) is 47.1 Å². The van der Waals surface area contributed by atoms with Crippen molar-refractivity contribution in [3.63, 3.8) is 0 Å². The third kappa shape index (κ3) is 3.44. The smallest absolute Gasteiger partial charge is 0.163 e. The first-order chi connectivity index (χ1) is 9.63. The van der Waals surface area contributed by atoms with Gasteiger partial charge in [-0.2, -0.15) is 0 Å². The summed E-state index contributed by atoms with van der Waals surface area (Å²) in [6.45, 7) is 2.76. The van der Waals surface area contributed by atoms with Gasteiger partial charge < -0.3 is 5.32 Å². The average Bonchev–Trinajstić information content (AvgIpc) is 2.44. The van der Waals surface area contributed by atoms with E-state index in [4.69, 9.17) is 0 Å². The number of nitrogens with one attached hydrogen (secondary N) is 1. The van der Waals surface area contributed by atoms with Crippen LogP contribution in [0.1, 0.15) is 30.5 Å². The lowest BCUT2D eigenvalue weighted by atomic mass is 9.98. The molecule has 1 N–H and O–H groups in total. The maximum Gasteiger partial charge on any atom is 0.163 e. The summed E-state index contributed by atoms with van der Waals surface area (Å²) in [7, 11) is 0. The summed E-state index contributed by atoms with van der Waals surface area (Å²) in [6, 6.07) is 11.5. The van der Waals surface area contributed by atoms with E-state index in [9.17, 15) is 8.78 Å². The normalized spacial score (nSPS) is 12.4. The highest BCUT2D eigenvalue weighted by atomic mass is 79.9. The van der Waals surface area contributed by atoms with Gasteiger partial charge in [0, 0.05) is 10.0 Å². The van der Waals surface area contributed by atoms with Gasteiger partial charge in [0.05, 0.1) is 6.04 Å². The minimum absolute atomic E-state index is 0.330. The molecule has 0 aromatic heterocycles. The zero-order valence-electron chi connectivity index (χ0n) is 11.2. The standard InChI is InChI=1S/C16H16BrF2N/c1-2-9-20-16(11-5-3-6-12(17)10-11)13-7-4-8-14(18)15(13)19/h3-8,10,16,20H,2,9H2,1H3. The molecule has 0 fully saturated rings. The number of benzene rings is 2. The van der Waals surface area contributed by atoms with Gasteiger partial charge in [-0.15, -0.1) is 0 Å². The van der Waals surface area contributed by atoms with Crippen LogP contribution in [0.2, 0.25) is 0 Å². The van der Waals surface area contributed by atoms with E-state index in [1.807, 2.05) is 31.2 Å². The van der Waals surface area contributed by atoms with Crippen molar-refractivity contribution >= 4 is 15.9 Å². The van der Waals surface area contributed by atoms with E-state index in [0.29, 0.717) is 5.56 Å². The molecule has 0 aliphatic rings. The van der Waals surface area contributed by atoms with Crippen LogP contribution in [0.4, 0.5) is 8.78 Å². The molecule has 0 amide bonds. The fourth-order valence-electron chi connectivity index (χ4n) is 2.13. The maximum absolute atomic E-state index is 14.0. The lowest BCUT2D eigenvalue weighted by Gasteiger charge is -2.20. The summed E-state index contributed by atoms with van der Waals surface area (Å²) >= 11 is 3.41. The molecule has 0 radical (unpaired) electrons. The predicted molar refractivity (Wildman–Crippen MR) is 80.6 cm³/mol. The minimum atomic E-state index is -0.819. The molecule has 0 aliphatic heterocycles. The molecular weight excluding hydrogens is 324 g/mol. The van der Waals surface area contributed by atoms with Crippen LogP contribution in [0, 0.1) is 11.6 Å². The van der Waals surface area contributed by atoms with Crippen LogP contribution in [-0.4, -0.2) is 6.54 Å². The molecule has 1 atom stereocenters. The molecule has 0 aliphatic carbocycles. The highest BCUT2D eigenvalue weighted by Gasteiger charge is 2.19. The molecular formula is C16H16BrF2N. The molecule has 0 saturated heterocycles. The SMILES string of the molecule is CCCNC(c1cccc(Br)c1)c1cccc(F)c1F. The first-order valence-electron chi connectivity index (χ1n) is 6.56. The Kier molecular flexibility index (Phi) is 5.26. The van der Waals surface area contributed by atoms with Crippen LogP contribution in [0.3, 0.4) is 0 Å². The molecule has 1 nitrogen and oxygen atoms in total. The van der Waals surface area contributed by atoms with Crippen molar-refractivity contribution in [3.8, 4) is 0 Å². The second-order valence-electron chi connectivity index (χ2n) is 4.59. The van der Waals surface area contributed by atoms with Gasteiger partial charge in [-0.25, -0.2) is 8.78 Å². The first-order valence-corrected chi connectivity index (χ1v) is 7.35. The predicted octanol–water partition coefficient (Wildman–Crippen LogP) is 4.82. The van der Waals surface area contributed by atoms with Gasteiger partial charge in [0.25, 0.3) is 0 Å². The fraction of sp³-hybridized carbons (Fsp3) is 0.250.